The van der Waals surface area contributed by atoms with Gasteiger partial charge in [0.1, 0.15) is 9.30 Å². The minimum absolute atomic E-state index is 0.192. The molecule has 1 aromatic rings. The third kappa shape index (κ3) is 5.62. The van der Waals surface area contributed by atoms with Crippen LogP contribution in [0.4, 0.5) is 10.5 Å². The molecule has 0 aromatic carbocycles. The number of halogens is 1. The van der Waals surface area contributed by atoms with Gasteiger partial charge in [0.15, 0.2) is 0 Å². The Morgan fingerprint density at radius 3 is 2.73 bits per heavy atom. The number of carbonyl (C=O) groups excluding carboxylic acids is 1. The van der Waals surface area contributed by atoms with Crippen LogP contribution in [-0.2, 0) is 4.74 Å². The van der Waals surface area contributed by atoms with E-state index < -0.39 is 5.60 Å². The highest BCUT2D eigenvalue weighted by Crippen LogP contribution is 2.20. The molecule has 0 bridgehead atoms. The summed E-state index contributed by atoms with van der Waals surface area (Å²) in [7, 11) is 0. The molecule has 1 aliphatic rings. The zero-order valence-electron chi connectivity index (χ0n) is 13.4. The Labute approximate surface area is 146 Å². The molecule has 2 heterocycles. The van der Waals surface area contributed by atoms with E-state index in [1.54, 1.807) is 0 Å². The predicted molar refractivity (Wildman–Crippen MR) is 96.0 cm³/mol. The molecule has 1 N–H and O–H groups in total. The lowest BCUT2D eigenvalue weighted by atomic mass is 9.97. The van der Waals surface area contributed by atoms with E-state index in [1.807, 2.05) is 44.0 Å². The molecule has 122 valence electrons. The van der Waals surface area contributed by atoms with Gasteiger partial charge in [-0.2, -0.15) is 0 Å². The number of pyridine rings is 1. The molecule has 0 saturated carbocycles. The summed E-state index contributed by atoms with van der Waals surface area (Å²) in [4.78, 5) is 18.0. The van der Waals surface area contributed by atoms with Gasteiger partial charge < -0.3 is 15.0 Å². The Morgan fingerprint density at radius 2 is 2.14 bits per heavy atom. The smallest absolute Gasteiger partial charge is 0.410 e. The monoisotopic (exact) mass is 417 g/mol. The van der Waals surface area contributed by atoms with Crippen molar-refractivity contribution < 1.29 is 9.53 Å². The van der Waals surface area contributed by atoms with Crippen LogP contribution in [0.3, 0.4) is 0 Å². The first-order valence-corrected chi connectivity index (χ1v) is 8.75. The van der Waals surface area contributed by atoms with Crippen LogP contribution in [0.25, 0.3) is 0 Å². The molecule has 0 unspecified atom stereocenters. The number of carbonyl (C=O) groups is 1. The molecule has 22 heavy (non-hydrogen) atoms. The van der Waals surface area contributed by atoms with Crippen LogP contribution in [0.2, 0.25) is 0 Å². The van der Waals surface area contributed by atoms with Crippen LogP contribution in [0, 0.1) is 9.62 Å². The van der Waals surface area contributed by atoms with Crippen molar-refractivity contribution >= 4 is 34.4 Å². The molecule has 1 aliphatic heterocycles. The molecule has 0 spiro atoms. The number of hydrogen-bond acceptors (Lipinski definition) is 4. The van der Waals surface area contributed by atoms with Crippen molar-refractivity contribution in [3.8, 4) is 0 Å². The van der Waals surface area contributed by atoms with E-state index in [9.17, 15) is 4.79 Å². The maximum Gasteiger partial charge on any atom is 0.410 e. The van der Waals surface area contributed by atoms with Gasteiger partial charge >= 0.3 is 6.09 Å². The minimum Gasteiger partial charge on any atom is -0.444 e. The zero-order chi connectivity index (χ0) is 16.2. The highest BCUT2D eigenvalue weighted by atomic mass is 127. The van der Waals surface area contributed by atoms with Crippen molar-refractivity contribution in [3.63, 3.8) is 0 Å². The van der Waals surface area contributed by atoms with Gasteiger partial charge in [-0.3, -0.25) is 4.98 Å². The Hall–Kier alpha value is -1.05. The molecule has 0 aliphatic carbocycles. The summed E-state index contributed by atoms with van der Waals surface area (Å²) >= 11 is 2.21. The number of aromatic nitrogens is 1. The van der Waals surface area contributed by atoms with E-state index >= 15 is 0 Å². The van der Waals surface area contributed by atoms with Gasteiger partial charge in [-0.15, -0.1) is 0 Å². The standard InChI is InChI=1S/C16H24IN3O2/c1-16(2,3)22-15(21)20-8-5-12(6-9-20)11-19-13-4-7-18-14(17)10-13/h4,7,10,12H,5-6,8-9,11H2,1-3H3,(H,18,19). The molecule has 0 radical (unpaired) electrons. The number of ether oxygens (including phenoxy) is 1. The maximum absolute atomic E-state index is 12.0. The first kappa shape index (κ1) is 17.3. The molecule has 1 aromatic heterocycles. The normalized spacial score (nSPS) is 16.5. The van der Waals surface area contributed by atoms with Crippen molar-refractivity contribution in [1.29, 1.82) is 0 Å². The number of amides is 1. The number of anilines is 1. The van der Waals surface area contributed by atoms with E-state index in [1.165, 1.54) is 0 Å². The summed E-state index contributed by atoms with van der Waals surface area (Å²) in [5.41, 5.74) is 0.683. The molecule has 2 rings (SSSR count). The number of nitrogens with one attached hydrogen (secondary N) is 1. The van der Waals surface area contributed by atoms with Crippen molar-refractivity contribution in [3.05, 3.63) is 22.0 Å². The van der Waals surface area contributed by atoms with Gasteiger partial charge in [-0.05, 0) is 74.3 Å². The Bertz CT molecular complexity index is 508. The summed E-state index contributed by atoms with van der Waals surface area (Å²) in [5, 5.41) is 3.46. The molecular formula is C16H24IN3O2. The lowest BCUT2D eigenvalue weighted by Crippen LogP contribution is -2.42. The molecule has 1 saturated heterocycles. The van der Waals surface area contributed by atoms with E-state index in [-0.39, 0.29) is 6.09 Å². The largest absolute Gasteiger partial charge is 0.444 e. The van der Waals surface area contributed by atoms with Crippen LogP contribution in [0.15, 0.2) is 18.3 Å². The molecule has 1 amide bonds. The molecular weight excluding hydrogens is 393 g/mol. The van der Waals surface area contributed by atoms with Crippen LogP contribution < -0.4 is 5.32 Å². The van der Waals surface area contributed by atoms with Gasteiger partial charge in [0, 0.05) is 31.5 Å². The quantitative estimate of drug-likeness (QED) is 0.602. The van der Waals surface area contributed by atoms with Gasteiger partial charge in [0.05, 0.1) is 0 Å². The van der Waals surface area contributed by atoms with Crippen molar-refractivity contribution in [2.24, 2.45) is 5.92 Å². The van der Waals surface area contributed by atoms with Crippen LogP contribution in [0.1, 0.15) is 33.6 Å². The van der Waals surface area contributed by atoms with Crippen LogP contribution in [0.5, 0.6) is 0 Å². The van der Waals surface area contributed by atoms with Gasteiger partial charge in [-0.1, -0.05) is 0 Å². The highest BCUT2D eigenvalue weighted by molar-refractivity contribution is 14.1. The Kier molecular flexibility index (Phi) is 5.88. The second-order valence-electron chi connectivity index (χ2n) is 6.66. The van der Waals surface area contributed by atoms with Gasteiger partial charge in [-0.25, -0.2) is 4.79 Å². The summed E-state index contributed by atoms with van der Waals surface area (Å²) in [5.74, 6) is 0.588. The van der Waals surface area contributed by atoms with E-state index in [4.69, 9.17) is 4.74 Å². The third-order valence-corrected chi connectivity index (χ3v) is 4.18. The number of rotatable bonds is 3. The lowest BCUT2D eigenvalue weighted by Gasteiger charge is -2.33. The lowest BCUT2D eigenvalue weighted by molar-refractivity contribution is 0.0188. The average Bonchev–Trinajstić information content (AvgIpc) is 2.44. The number of piperidine rings is 1. The van der Waals surface area contributed by atoms with Gasteiger partial charge in [0.25, 0.3) is 0 Å². The zero-order valence-corrected chi connectivity index (χ0v) is 15.6. The highest BCUT2D eigenvalue weighted by Gasteiger charge is 2.26. The van der Waals surface area contributed by atoms with Crippen LogP contribution in [-0.4, -0.2) is 41.2 Å². The summed E-state index contributed by atoms with van der Waals surface area (Å²) in [6.45, 7) is 8.18. The maximum atomic E-state index is 12.0. The van der Waals surface area contributed by atoms with E-state index in [0.717, 1.165) is 41.9 Å². The Morgan fingerprint density at radius 1 is 1.45 bits per heavy atom. The molecule has 0 atom stereocenters. The third-order valence-electron chi connectivity index (χ3n) is 3.59. The Balaban J connectivity index is 1.74. The number of nitrogens with zero attached hydrogens (tertiary/aromatic N) is 2. The first-order valence-electron chi connectivity index (χ1n) is 7.67. The van der Waals surface area contributed by atoms with Crippen molar-refractivity contribution in [2.75, 3.05) is 25.0 Å². The number of likely N-dealkylation sites (tertiary alicyclic amines) is 1. The molecule has 6 heteroatoms. The summed E-state index contributed by atoms with van der Waals surface area (Å²) in [6.07, 6.45) is 3.64. The van der Waals surface area contributed by atoms with E-state index in [2.05, 4.69) is 32.9 Å². The van der Waals surface area contributed by atoms with E-state index in [0.29, 0.717) is 5.92 Å². The van der Waals surface area contributed by atoms with Crippen molar-refractivity contribution in [1.82, 2.24) is 9.88 Å². The second-order valence-corrected chi connectivity index (χ2v) is 7.76. The molecule has 5 nitrogen and oxygen atoms in total. The SMILES string of the molecule is CC(C)(C)OC(=O)N1CCC(CNc2ccnc(I)c2)CC1. The van der Waals surface area contributed by atoms with Crippen molar-refractivity contribution in [2.45, 2.75) is 39.2 Å². The number of hydrogen-bond donors (Lipinski definition) is 1. The second kappa shape index (κ2) is 7.48. The average molecular weight is 417 g/mol. The summed E-state index contributed by atoms with van der Waals surface area (Å²) < 4.78 is 6.41. The topological polar surface area (TPSA) is 54.5 Å². The fourth-order valence-corrected chi connectivity index (χ4v) is 2.92. The fraction of sp³-hybridized carbons (Fsp3) is 0.625. The van der Waals surface area contributed by atoms with Crippen LogP contribution >= 0.6 is 22.6 Å². The molecule has 1 fully saturated rings. The predicted octanol–water partition coefficient (Wildman–Crippen LogP) is 3.75. The first-order chi connectivity index (χ1) is 10.3. The van der Waals surface area contributed by atoms with Gasteiger partial charge in [0.2, 0.25) is 0 Å². The fourth-order valence-electron chi connectivity index (χ4n) is 2.42. The summed E-state index contributed by atoms with van der Waals surface area (Å²) in [6, 6.07) is 4.02. The minimum atomic E-state index is -0.423.